The maximum absolute atomic E-state index is 10.5. The van der Waals surface area contributed by atoms with E-state index in [0.717, 1.165) is 0 Å². The van der Waals surface area contributed by atoms with E-state index < -0.39 is 180 Å². The van der Waals surface area contributed by atoms with E-state index in [1.54, 1.807) is 6.20 Å². The molecule has 0 aliphatic carbocycles. The minimum Gasteiger partial charge on any atom is -0.394 e. The second-order valence-corrected chi connectivity index (χ2v) is 22.3. The van der Waals surface area contributed by atoms with Crippen molar-refractivity contribution in [1.29, 1.82) is 0 Å². The highest BCUT2D eigenvalue weighted by Crippen LogP contribution is 2.32. The normalized spacial score (nSPS) is 36.8. The van der Waals surface area contributed by atoms with Gasteiger partial charge in [-0.15, -0.1) is 20.4 Å². The largest absolute Gasteiger partial charge is 0.394 e. The van der Waals surface area contributed by atoms with Gasteiger partial charge in [-0.1, -0.05) is 20.9 Å². The Hall–Kier alpha value is -4.64. The summed E-state index contributed by atoms with van der Waals surface area (Å²) in [5.41, 5.74) is 1.18. The zero-order valence-electron chi connectivity index (χ0n) is 50.0. The molecule has 25 atom stereocenters. The third-order valence-corrected chi connectivity index (χ3v) is 15.8. The maximum Gasteiger partial charge on any atom is 0.186 e. The van der Waals surface area contributed by atoms with Gasteiger partial charge < -0.3 is 148 Å². The van der Waals surface area contributed by atoms with Gasteiger partial charge in [0.1, 0.15) is 145 Å². The summed E-state index contributed by atoms with van der Waals surface area (Å²) >= 11 is 0. The van der Waals surface area contributed by atoms with Gasteiger partial charge in [0.15, 0.2) is 31.5 Å². The first kappa shape index (κ1) is 72.6. The Kier molecular flexibility index (Phi) is 27.0. The number of hydrogen-bond acceptors (Lipinski definition) is 38. The van der Waals surface area contributed by atoms with E-state index in [1.165, 1.54) is 44.4 Å². The molecule has 0 bridgehead atoms. The van der Waals surface area contributed by atoms with Crippen LogP contribution in [-0.4, -0.2) is 362 Å². The van der Waals surface area contributed by atoms with Gasteiger partial charge in [-0.3, -0.25) is 0 Å². The fourth-order valence-electron chi connectivity index (χ4n) is 10.5. The molecular formula is C51H82N12O30. The molecule has 5 saturated heterocycles. The Balaban J connectivity index is 0.899. The van der Waals surface area contributed by atoms with Crippen molar-refractivity contribution in [3.8, 4) is 0 Å². The van der Waals surface area contributed by atoms with Crippen LogP contribution in [0.25, 0.3) is 0 Å². The van der Waals surface area contributed by atoms with Gasteiger partial charge in [0.05, 0.1) is 137 Å². The number of nitrogens with zero attached hydrogens (tertiary/aromatic N) is 12. The Bertz CT molecular complexity index is 2810. The Morgan fingerprint density at radius 1 is 0.333 bits per heavy atom. The molecule has 5 fully saturated rings. The van der Waals surface area contributed by atoms with Crippen LogP contribution < -0.4 is 0 Å². The fraction of sp³-hybridized carbons (Fsp3) is 0.843. The second kappa shape index (κ2) is 34.5. The molecule has 526 valence electrons. The molecule has 0 aromatic carbocycles. The highest BCUT2D eigenvalue weighted by Gasteiger charge is 2.51. The Morgan fingerprint density at radius 2 is 0.613 bits per heavy atom. The van der Waals surface area contributed by atoms with Crippen LogP contribution in [0.4, 0.5) is 0 Å². The lowest BCUT2D eigenvalue weighted by molar-refractivity contribution is -0.323. The molecule has 42 nitrogen and oxygen atoms in total. The summed E-state index contributed by atoms with van der Waals surface area (Å²) in [6, 6.07) is 0. The molecule has 42 heteroatoms. The van der Waals surface area contributed by atoms with Gasteiger partial charge in [-0.25, -0.2) is 18.7 Å². The summed E-state index contributed by atoms with van der Waals surface area (Å²) in [5.74, 6) is 0. The number of methoxy groups -OCH3 is 1. The summed E-state index contributed by atoms with van der Waals surface area (Å²) in [4.78, 5) is 0. The average Bonchev–Trinajstić information content (AvgIpc) is 3.00. The summed E-state index contributed by atoms with van der Waals surface area (Å²) in [6.07, 6.45) is -29.3. The predicted octanol–water partition coefficient (Wildman–Crippen LogP) is -12.0. The van der Waals surface area contributed by atoms with Crippen molar-refractivity contribution in [1.82, 2.24) is 60.0 Å². The fourth-order valence-corrected chi connectivity index (χ4v) is 10.5. The summed E-state index contributed by atoms with van der Waals surface area (Å²) < 4.78 is 88.3. The third kappa shape index (κ3) is 18.3. The molecule has 0 spiro atoms. The van der Waals surface area contributed by atoms with Gasteiger partial charge >= 0.3 is 0 Å². The Morgan fingerprint density at radius 3 is 0.914 bits per heavy atom. The topological polar surface area (TPSA) is 576 Å². The number of ether oxygens (including phenoxy) is 14. The first-order valence-electron chi connectivity index (χ1n) is 29.7. The molecule has 5 aliphatic rings. The average molecular weight is 1340 g/mol. The van der Waals surface area contributed by atoms with Crippen LogP contribution in [0.15, 0.2) is 24.8 Å². The predicted molar refractivity (Wildman–Crippen MR) is 290 cm³/mol. The molecule has 0 saturated carbocycles. The van der Waals surface area contributed by atoms with Crippen LogP contribution in [0, 0.1) is 0 Å². The lowest BCUT2D eigenvalue weighted by Crippen LogP contribution is -2.61. The minimum atomic E-state index is -1.66. The van der Waals surface area contributed by atoms with E-state index in [4.69, 9.17) is 66.3 Å². The van der Waals surface area contributed by atoms with Crippen molar-refractivity contribution < 1.29 is 148 Å². The standard InChI is InChI=1S/C51H82N12O30/c1-80-51-46(88-21-26-13-63(59-55-26)5-9-85-50-43(79)39(75)35(71)30(17-67)92-50)45(87-20-25-12-62(58-54-25)4-8-84-49-42(78)38(74)34(70)29(16-66)91-49)44(86-19-24-11-61(57-53-24)3-7-83-48-41(77)37(73)33(69)28(15-65)90-48)31(93-51)22-81-18-23-10-60(56-52-23)2-6-82-47-40(76)36(72)32(68)27(14-64)89-47/h10-13,27-51,64-79H,2-9,14-22H2,1H3/t27-,28-,29-,30-,31-,32-,33-,34-,35-,36+,37+,38+,39+,40+,41+,42+,43+,44-,45+,46-,47+,48+,49+,50+,51+/m1/s1. The van der Waals surface area contributed by atoms with E-state index >= 15 is 0 Å². The lowest BCUT2D eigenvalue weighted by atomic mass is 9.98. The molecule has 4 aromatic heterocycles. The summed E-state index contributed by atoms with van der Waals surface area (Å²) in [7, 11) is 1.36. The first-order chi connectivity index (χ1) is 44.8. The number of aliphatic hydroxyl groups is 16. The zero-order chi connectivity index (χ0) is 66.5. The van der Waals surface area contributed by atoms with Crippen LogP contribution >= 0.6 is 0 Å². The number of aromatic nitrogens is 12. The maximum atomic E-state index is 10.5. The van der Waals surface area contributed by atoms with Gasteiger partial charge in [0.25, 0.3) is 0 Å². The molecular weight excluding hydrogens is 1260 g/mol. The van der Waals surface area contributed by atoms with Crippen molar-refractivity contribution in [2.45, 2.75) is 206 Å². The smallest absolute Gasteiger partial charge is 0.186 e. The van der Waals surface area contributed by atoms with Crippen LogP contribution in [0.5, 0.6) is 0 Å². The van der Waals surface area contributed by atoms with Crippen molar-refractivity contribution in [3.05, 3.63) is 47.6 Å². The molecule has 9 heterocycles. The number of aliphatic hydroxyl groups excluding tert-OH is 16. The van der Waals surface area contributed by atoms with Crippen LogP contribution in [0.3, 0.4) is 0 Å². The van der Waals surface area contributed by atoms with E-state index in [0.29, 0.717) is 5.69 Å². The number of hydrogen-bond donors (Lipinski definition) is 16. The molecule has 16 N–H and O–H groups in total. The molecule has 4 aromatic rings. The highest BCUT2D eigenvalue weighted by molar-refractivity contribution is 5.00. The summed E-state index contributed by atoms with van der Waals surface area (Å²) in [5, 5.41) is 195. The van der Waals surface area contributed by atoms with E-state index in [9.17, 15) is 81.7 Å². The number of rotatable bonds is 34. The molecule has 5 aliphatic heterocycles. The van der Waals surface area contributed by atoms with Crippen molar-refractivity contribution in [3.63, 3.8) is 0 Å². The SMILES string of the molecule is CO[C@H]1O[C@H](COCc2cn(CCO[C@H]3O[C@H](CO)[C@@H](O)[C@H](O)[C@@H]3O)nn2)[C@@H](OCc2cn(CCO[C@H]3O[C@H](CO)[C@@H](O)[C@H](O)[C@@H]3O)nn2)[C@H](OCc2cn(CCO[C@H]3O[C@H](CO)[C@@H](O)[C@H](O)[C@@H]3O)nn2)[C@H]1OCc1cn(CCO[C@H]2O[C@H](CO)[C@@H](O)[C@H](O)[C@@H]2O)nn1. The van der Waals surface area contributed by atoms with Crippen LogP contribution in [-0.2, 0) is 119 Å². The third-order valence-electron chi connectivity index (χ3n) is 15.8. The summed E-state index contributed by atoms with van der Waals surface area (Å²) in [6.45, 7) is -4.05. The molecule has 9 rings (SSSR count). The molecule has 0 amide bonds. The van der Waals surface area contributed by atoms with Gasteiger partial charge in [0.2, 0.25) is 0 Å². The quantitative estimate of drug-likeness (QED) is 0.0206. The van der Waals surface area contributed by atoms with Crippen molar-refractivity contribution >= 4 is 0 Å². The molecule has 0 radical (unpaired) electrons. The van der Waals surface area contributed by atoms with E-state index in [1.807, 2.05) is 0 Å². The Labute approximate surface area is 527 Å². The van der Waals surface area contributed by atoms with Crippen molar-refractivity contribution in [2.24, 2.45) is 0 Å². The van der Waals surface area contributed by atoms with Gasteiger partial charge in [0, 0.05) is 7.11 Å². The van der Waals surface area contributed by atoms with Gasteiger partial charge in [-0.2, -0.15) is 0 Å². The van der Waals surface area contributed by atoms with Gasteiger partial charge in [-0.05, 0) is 0 Å². The monoisotopic (exact) mass is 1340 g/mol. The van der Waals surface area contributed by atoms with Crippen molar-refractivity contribution in [2.75, 3.05) is 66.6 Å². The lowest BCUT2D eigenvalue weighted by Gasteiger charge is -2.45. The first-order valence-corrected chi connectivity index (χ1v) is 29.7. The molecule has 93 heavy (non-hydrogen) atoms. The molecule has 0 unspecified atom stereocenters. The van der Waals surface area contributed by atoms with Crippen LogP contribution in [0.2, 0.25) is 0 Å². The minimum absolute atomic E-state index is 0.0345. The van der Waals surface area contributed by atoms with E-state index in [-0.39, 0.29) is 103 Å². The van der Waals surface area contributed by atoms with Crippen LogP contribution in [0.1, 0.15) is 22.8 Å². The van der Waals surface area contributed by atoms with E-state index in [2.05, 4.69) is 41.2 Å². The highest BCUT2D eigenvalue weighted by atomic mass is 16.7. The second-order valence-electron chi connectivity index (χ2n) is 22.3. The zero-order valence-corrected chi connectivity index (χ0v) is 50.0.